The van der Waals surface area contributed by atoms with Crippen LogP contribution in [0.1, 0.15) is 211 Å². The minimum Gasteiger partial charge on any atom is -1.00 e. The summed E-state index contributed by atoms with van der Waals surface area (Å²) in [7, 11) is 8.00. The van der Waals surface area contributed by atoms with Crippen LogP contribution in [0.3, 0.4) is 0 Å². The maximum Gasteiger partial charge on any atom is 1.00 e. The van der Waals surface area contributed by atoms with Crippen LogP contribution in [0.15, 0.2) is 91.0 Å². The topological polar surface area (TPSA) is 352 Å². The van der Waals surface area contributed by atoms with E-state index in [0.717, 1.165) is 27.8 Å². The van der Waals surface area contributed by atoms with Crippen molar-refractivity contribution in [1.29, 1.82) is 0 Å². The predicted octanol–water partition coefficient (Wildman–Crippen LogP) is 11.2. The summed E-state index contributed by atoms with van der Waals surface area (Å²) in [6.45, 7) is 61.5. The molecule has 5 aromatic carbocycles. The Balaban J connectivity index is 0.000000190. The second-order valence-electron chi connectivity index (χ2n) is 36.8. The molecule has 35 nitrogen and oxygen atoms in total. The van der Waals surface area contributed by atoms with Crippen molar-refractivity contribution in [2.24, 2.45) is 17.8 Å². The third kappa shape index (κ3) is 20.5. The number of amides is 6. The Labute approximate surface area is 849 Å². The van der Waals surface area contributed by atoms with E-state index in [1.165, 1.54) is 31.4 Å². The van der Waals surface area contributed by atoms with E-state index in [2.05, 4.69) is 42.6 Å². The standard InChI is InChI=1S/C20H28N2O5.C20H24N2O5.C18H17N3O4S2.C18H19N3O4.C16H18N2O4.C4H7ClO.CH4S.CH4.Na.H/c2*1-6-25-19(24)14-10-20(4,21-5)17(22(14)18(23)12(2)3)13-7-8-15-16(9-13)27-11-26-15;1-16(19-3)8-18-15(23)20(4)17(2,26-27-18)14(22)21(18)13(16)10-5-6-11-12(7-10)25-9-24-11;1-10-16(22)21-12(17(23)20(10)4)8-18(2,19-3)15(21)11-5-6-13-14(7-11)25-9-24-13;1-4-20-15(19)11-8-16(2,17-3)14(18-11)10-5-6-12-13(7-10)22-9-21-12;1-3(2)4(5)6;1-2;;;/h7-9,12,14,17,21H,6,10-11H2,1-5H3;7-9,12,14,17H,6,10-11H2,1-4H3;5-7,13H,8-9H2,1-2,4H3;5-7,10,12,15H,8-9H2,1-2,4H3;5-7,11,14,18H,4,8-9H2,1-2H3;3H,1-2H3;2H,1H3;1H4;;/q;;;;;;;;+1;-1/t2*14-,17-,20-;13-,16-,17+,18-;10-,12+,15+,18+;11-,14?,16-;;;;;/m10100...../s1/i;;;;;;1D;;;. The largest absolute Gasteiger partial charge is 1.00 e. The number of nitrogens with zero attached hydrogens (tertiary/aromatic N) is 10. The van der Waals surface area contributed by atoms with E-state index < -0.39 is 91.7 Å². The molecule has 0 aromatic heterocycles. The summed E-state index contributed by atoms with van der Waals surface area (Å²) in [6, 6.07) is 22.5. The van der Waals surface area contributed by atoms with Crippen LogP contribution >= 0.6 is 45.8 Å². The first-order valence-corrected chi connectivity index (χ1v) is 47.9. The molecule has 14 aliphatic rings. The molecule has 738 valence electrons. The van der Waals surface area contributed by atoms with Crippen molar-refractivity contribution >= 4 is 104 Å². The van der Waals surface area contributed by atoms with Crippen LogP contribution in [0.2, 0.25) is 0 Å². The van der Waals surface area contributed by atoms with Gasteiger partial charge in [-0.15, -0.1) is 0 Å². The van der Waals surface area contributed by atoms with Crippen molar-refractivity contribution in [3.63, 3.8) is 0 Å². The molecule has 17 atom stereocenters. The zero-order chi connectivity index (χ0) is 100. The van der Waals surface area contributed by atoms with E-state index in [-0.39, 0.29) is 181 Å². The first-order chi connectivity index (χ1) is 64.9. The number of carbonyl (C=O) groups is 10. The van der Waals surface area contributed by atoms with Crippen LogP contribution in [0.4, 0.5) is 0 Å². The van der Waals surface area contributed by atoms with Gasteiger partial charge >= 0.3 is 47.5 Å². The zero-order valence-corrected chi connectivity index (χ0v) is 85.9. The minimum absolute atomic E-state index is 0. The van der Waals surface area contributed by atoms with E-state index in [1.807, 2.05) is 115 Å². The van der Waals surface area contributed by atoms with Crippen molar-refractivity contribution in [3.8, 4) is 57.5 Å². The fraction of sp³-hybridized carbons (Fsp3) is 0.551. The Morgan fingerprint density at radius 1 is 0.522 bits per heavy atom. The van der Waals surface area contributed by atoms with Crippen molar-refractivity contribution in [2.75, 3.05) is 81.2 Å². The van der Waals surface area contributed by atoms with Gasteiger partial charge < -0.3 is 117 Å². The molecule has 14 heterocycles. The average Bonchev–Trinajstić information content (AvgIpc) is 1.51. The molecule has 0 aliphatic carbocycles. The molecule has 5 aromatic rings. The third-order valence-corrected chi connectivity index (χ3v) is 30.9. The molecule has 2 bridgehead atoms. The van der Waals surface area contributed by atoms with Crippen molar-refractivity contribution in [1.82, 2.24) is 40.0 Å². The Morgan fingerprint density at radius 2 is 0.884 bits per heavy atom. The second-order valence-corrected chi connectivity index (χ2v) is 39.9. The first kappa shape index (κ1) is 108. The van der Waals surface area contributed by atoms with Crippen LogP contribution in [0.25, 0.3) is 19.4 Å². The molecule has 9 fully saturated rings. The van der Waals surface area contributed by atoms with Gasteiger partial charge in [0, 0.05) is 66.5 Å². The number of thiol groups is 1. The molecule has 138 heavy (non-hydrogen) atoms. The van der Waals surface area contributed by atoms with Crippen LogP contribution in [0, 0.1) is 44.0 Å². The minimum atomic E-state index is -1.05. The maximum absolute atomic E-state index is 13.5. The number of hydrogen-bond donors (Lipinski definition) is 3. The summed E-state index contributed by atoms with van der Waals surface area (Å²) in [5, 5.41) is 6.30. The van der Waals surface area contributed by atoms with Crippen molar-refractivity contribution in [3.05, 3.63) is 164 Å². The number of hydrogen-bond acceptors (Lipinski definition) is 28. The van der Waals surface area contributed by atoms with Crippen LogP contribution in [-0.2, 0) is 62.2 Å². The van der Waals surface area contributed by atoms with Gasteiger partial charge in [0.15, 0.2) is 67.2 Å². The van der Waals surface area contributed by atoms with Crippen LogP contribution in [-0.4, -0.2) is 237 Å². The summed E-state index contributed by atoms with van der Waals surface area (Å²) < 4.78 is 75.7. The summed E-state index contributed by atoms with van der Waals surface area (Å²) in [5.74, 6) is 4.01. The smallest absolute Gasteiger partial charge is 1.00 e. The van der Waals surface area contributed by atoms with Gasteiger partial charge in [0.2, 0.25) is 62.8 Å². The summed E-state index contributed by atoms with van der Waals surface area (Å²) in [6.07, 6.45) is 1.95. The van der Waals surface area contributed by atoms with E-state index in [0.29, 0.717) is 89.8 Å². The fourth-order valence-corrected chi connectivity index (χ4v) is 22.9. The van der Waals surface area contributed by atoms with Gasteiger partial charge in [0.05, 0.1) is 51.5 Å². The molecule has 0 radical (unpaired) electrons. The molecule has 2 N–H and O–H groups in total. The van der Waals surface area contributed by atoms with Crippen molar-refractivity contribution in [2.45, 2.75) is 248 Å². The molecule has 14 aliphatic heterocycles. The quantitative estimate of drug-likeness (QED) is 0.0167. The second kappa shape index (κ2) is 43.9. The van der Waals surface area contributed by atoms with Gasteiger partial charge in [-0.25, -0.2) is 35.9 Å². The third-order valence-electron chi connectivity index (χ3n) is 26.8. The van der Waals surface area contributed by atoms with Gasteiger partial charge in [0.25, 0.3) is 34.0 Å². The number of esters is 3. The molecule has 1 unspecified atom stereocenters. The molecule has 1 spiro atoms. The molecule has 6 amide bonds. The Morgan fingerprint density at radius 3 is 1.28 bits per heavy atom. The number of likely N-dealkylation sites (N-methyl/N-ethyl adjacent to an activating group) is 3. The van der Waals surface area contributed by atoms with E-state index in [1.54, 1.807) is 127 Å². The molecular weight excluding hydrogens is 1870 g/mol. The van der Waals surface area contributed by atoms with E-state index in [4.69, 9.17) is 101 Å². The number of rotatable bonds is 15. The Hall–Kier alpha value is -10.8. The van der Waals surface area contributed by atoms with Gasteiger partial charge in [-0.05, 0) is 161 Å². The fourth-order valence-electron chi connectivity index (χ4n) is 19.4. The monoisotopic (exact) mass is 1990 g/mol. The van der Waals surface area contributed by atoms with Crippen LogP contribution in [0.5, 0.6) is 57.5 Å². The SMILES string of the molecule is C.CC(C)C(=O)Cl.CCOC(=O)[C@H]1C[C@@](C)(NC)[C@@H](c2ccc3c(c2)OCO3)N1C(=O)C(C)C.[2H]CS.[C-]#[N+][C@@]1(C)C[C@@H](C(=O)OCC)N(C(=O)C(C)C)[C@H]1c1ccc2c(c1)OCO2.[C-]#[N+][C@@]1(C)C[C@@H](C(=O)OCC)NC1c1ccc2c(c1)OCO2.[C-]#[N+][C@]1(C)C[C@@H]2C(=O)N(C)[C@@H](C)C(=O)N2[C@@H]1c1ccc2c(c1)OCO2.[C-]#[N+][C@]1(C)C[C@]23SS[C@@](C)(C(=O)N2[C@@H]1c1ccc2c(c1)OCO2)N(C)C3=O.[H-].[Na+]. The van der Waals surface area contributed by atoms with E-state index in [9.17, 15) is 47.9 Å². The van der Waals surface area contributed by atoms with Gasteiger partial charge in [0.1, 0.15) is 54.4 Å². The maximum atomic E-state index is 13.5. The molecule has 0 saturated carbocycles. The number of carbonyl (C=O) groups excluding carboxylic acids is 10. The number of benzene rings is 5. The Bertz CT molecular complexity index is 5700. The number of nitrogens with one attached hydrogen (secondary N) is 2. The Kier molecular flexibility index (Phi) is 34.3. The summed E-state index contributed by atoms with van der Waals surface area (Å²) in [5.41, 5.74) is 0.224. The number of ether oxygens (including phenoxy) is 13. The molecular formula is C98H122ClN12NaO23S3. The first-order valence-electron chi connectivity index (χ1n) is 45.4. The predicted molar refractivity (Wildman–Crippen MR) is 512 cm³/mol. The number of likely N-dealkylation sites (tertiary alicyclic amines) is 2. The van der Waals surface area contributed by atoms with Crippen molar-refractivity contribution < 1.29 is 142 Å². The molecule has 9 saturated heterocycles. The van der Waals surface area contributed by atoms with Gasteiger partial charge in [-0.1, -0.05) is 101 Å². The molecule has 40 heteroatoms. The van der Waals surface area contributed by atoms with Gasteiger partial charge in [-0.3, -0.25) is 43.7 Å². The molecule has 19 rings (SSSR count). The number of halogens is 1. The zero-order valence-electron chi connectivity index (χ0n) is 82.6. The number of fused-ring (bicyclic) bond motifs is 8. The average molecular weight is 1990 g/mol. The normalized spacial score (nSPS) is 29.2. The number of piperazine rings is 2. The van der Waals surface area contributed by atoms with E-state index >= 15 is 0 Å². The van der Waals surface area contributed by atoms with Gasteiger partial charge in [-0.2, -0.15) is 12.6 Å². The summed E-state index contributed by atoms with van der Waals surface area (Å²) >= 11 is 8.43. The van der Waals surface area contributed by atoms with Crippen LogP contribution < -0.4 is 87.6 Å². The summed E-state index contributed by atoms with van der Waals surface area (Å²) in [4.78, 5) is 149.